The Balaban J connectivity index is 1.73. The van der Waals surface area contributed by atoms with Gasteiger partial charge in [-0.1, -0.05) is 6.07 Å². The summed E-state index contributed by atoms with van der Waals surface area (Å²) in [4.78, 5) is 0. The van der Waals surface area contributed by atoms with Crippen LogP contribution in [-0.4, -0.2) is 21.5 Å². The number of aryl methyl sites for hydroxylation is 1. The molecule has 1 aromatic heterocycles. The van der Waals surface area contributed by atoms with Crippen LogP contribution in [0.2, 0.25) is 0 Å². The minimum atomic E-state index is 0.111. The van der Waals surface area contributed by atoms with Gasteiger partial charge < -0.3 is 15.2 Å². The van der Waals surface area contributed by atoms with E-state index >= 15 is 0 Å². The van der Waals surface area contributed by atoms with E-state index in [0.717, 1.165) is 30.2 Å². The molecule has 0 aliphatic carbocycles. The Morgan fingerprint density at radius 1 is 1.29 bits per heavy atom. The third kappa shape index (κ3) is 2.80. The molecule has 1 aliphatic heterocycles. The maximum absolute atomic E-state index is 9.05. The first kappa shape index (κ1) is 14.1. The van der Waals surface area contributed by atoms with Gasteiger partial charge in [0.1, 0.15) is 0 Å². The Bertz CT molecular complexity index is 649. The summed E-state index contributed by atoms with van der Waals surface area (Å²) < 4.78 is 7.30. The third-order valence-electron chi connectivity index (χ3n) is 4.03. The van der Waals surface area contributed by atoms with Crippen molar-refractivity contribution in [3.8, 4) is 0 Å². The van der Waals surface area contributed by atoms with Crippen molar-refractivity contribution in [2.75, 3.05) is 11.9 Å². The first-order chi connectivity index (χ1) is 10.2. The third-order valence-corrected chi connectivity index (χ3v) is 4.03. The molecular weight excluding hydrogens is 266 g/mol. The summed E-state index contributed by atoms with van der Waals surface area (Å²) in [6.07, 6.45) is 0. The average molecular weight is 287 g/mol. The summed E-state index contributed by atoms with van der Waals surface area (Å²) in [5.41, 5.74) is 6.97. The van der Waals surface area contributed by atoms with Crippen LogP contribution < -0.4 is 5.32 Å². The summed E-state index contributed by atoms with van der Waals surface area (Å²) in [7, 11) is 0. The summed E-state index contributed by atoms with van der Waals surface area (Å²) in [6, 6.07) is 6.38. The monoisotopic (exact) mass is 287 g/mol. The number of aromatic nitrogens is 2. The van der Waals surface area contributed by atoms with Crippen LogP contribution in [0, 0.1) is 13.8 Å². The summed E-state index contributed by atoms with van der Waals surface area (Å²) in [5, 5.41) is 17.0. The zero-order chi connectivity index (χ0) is 14.8. The normalized spacial score (nSPS) is 13.5. The number of aliphatic hydroxyl groups excluding tert-OH is 1. The smallest absolute Gasteiger partial charge is 0.0725 e. The molecule has 0 spiro atoms. The Morgan fingerprint density at radius 3 is 2.90 bits per heavy atom. The van der Waals surface area contributed by atoms with Gasteiger partial charge in [0, 0.05) is 23.5 Å². The van der Waals surface area contributed by atoms with Gasteiger partial charge in [-0.15, -0.1) is 0 Å². The first-order valence-corrected chi connectivity index (χ1v) is 7.26. The molecule has 0 amide bonds. The highest BCUT2D eigenvalue weighted by Gasteiger charge is 2.13. The Hall–Kier alpha value is -1.85. The first-order valence-electron chi connectivity index (χ1n) is 7.26. The second-order valence-corrected chi connectivity index (χ2v) is 5.43. The number of hydrogen-bond donors (Lipinski definition) is 2. The van der Waals surface area contributed by atoms with Gasteiger partial charge in [-0.3, -0.25) is 4.68 Å². The van der Waals surface area contributed by atoms with Gasteiger partial charge in [-0.25, -0.2) is 0 Å². The molecule has 5 nitrogen and oxygen atoms in total. The van der Waals surface area contributed by atoms with Crippen molar-refractivity contribution in [2.45, 2.75) is 40.2 Å². The quantitative estimate of drug-likeness (QED) is 0.884. The van der Waals surface area contributed by atoms with E-state index in [-0.39, 0.29) is 6.61 Å². The number of ether oxygens (including phenoxy) is 1. The standard InChI is InChI=1S/C16H21N3O2/c1-11-16(12(2)19(18-11)5-6-20)8-17-15-4-3-13-9-21-10-14(13)7-15/h3-4,7,17,20H,5-6,8-10H2,1-2H3. The van der Waals surface area contributed by atoms with Crippen LogP contribution in [0.25, 0.3) is 0 Å². The van der Waals surface area contributed by atoms with Crippen molar-refractivity contribution in [3.63, 3.8) is 0 Å². The second-order valence-electron chi connectivity index (χ2n) is 5.43. The zero-order valence-corrected chi connectivity index (χ0v) is 12.5. The van der Waals surface area contributed by atoms with Crippen LogP contribution in [0.3, 0.4) is 0 Å². The number of fused-ring (bicyclic) bond motifs is 1. The van der Waals surface area contributed by atoms with Gasteiger partial charge in [0.2, 0.25) is 0 Å². The van der Waals surface area contributed by atoms with E-state index in [1.54, 1.807) is 0 Å². The number of nitrogens with zero attached hydrogens (tertiary/aromatic N) is 2. The maximum atomic E-state index is 9.05. The molecule has 5 heteroatoms. The summed E-state index contributed by atoms with van der Waals surface area (Å²) in [6.45, 7) is 6.88. The topological polar surface area (TPSA) is 59.3 Å². The zero-order valence-electron chi connectivity index (χ0n) is 12.5. The van der Waals surface area contributed by atoms with Crippen LogP contribution in [0.4, 0.5) is 5.69 Å². The number of rotatable bonds is 5. The largest absolute Gasteiger partial charge is 0.394 e. The van der Waals surface area contributed by atoms with Crippen LogP contribution in [0.1, 0.15) is 28.1 Å². The highest BCUT2D eigenvalue weighted by atomic mass is 16.5. The van der Waals surface area contributed by atoms with Crippen LogP contribution in [-0.2, 0) is 31.0 Å². The fourth-order valence-electron chi connectivity index (χ4n) is 2.77. The van der Waals surface area contributed by atoms with Crippen molar-refractivity contribution in [2.24, 2.45) is 0 Å². The molecule has 0 saturated carbocycles. The highest BCUT2D eigenvalue weighted by Crippen LogP contribution is 2.24. The van der Waals surface area contributed by atoms with Crippen molar-refractivity contribution in [1.82, 2.24) is 9.78 Å². The van der Waals surface area contributed by atoms with E-state index in [1.165, 1.54) is 16.7 Å². The van der Waals surface area contributed by atoms with Gasteiger partial charge in [0.25, 0.3) is 0 Å². The lowest BCUT2D eigenvalue weighted by Gasteiger charge is -2.09. The molecule has 0 bridgehead atoms. The molecule has 1 aliphatic rings. The number of anilines is 1. The van der Waals surface area contributed by atoms with E-state index in [1.807, 2.05) is 18.5 Å². The van der Waals surface area contributed by atoms with E-state index in [2.05, 4.69) is 28.6 Å². The fourth-order valence-corrected chi connectivity index (χ4v) is 2.77. The predicted octanol–water partition coefficient (Wildman–Crippen LogP) is 2.13. The number of hydrogen-bond acceptors (Lipinski definition) is 4. The molecule has 0 saturated heterocycles. The van der Waals surface area contributed by atoms with E-state index in [0.29, 0.717) is 13.2 Å². The van der Waals surface area contributed by atoms with Crippen LogP contribution >= 0.6 is 0 Å². The average Bonchev–Trinajstić information content (AvgIpc) is 3.03. The van der Waals surface area contributed by atoms with Gasteiger partial charge >= 0.3 is 0 Å². The minimum Gasteiger partial charge on any atom is -0.394 e. The summed E-state index contributed by atoms with van der Waals surface area (Å²) >= 11 is 0. The molecule has 0 atom stereocenters. The van der Waals surface area contributed by atoms with E-state index in [4.69, 9.17) is 9.84 Å². The van der Waals surface area contributed by atoms with E-state index in [9.17, 15) is 0 Å². The molecule has 2 N–H and O–H groups in total. The van der Waals surface area contributed by atoms with Crippen molar-refractivity contribution >= 4 is 5.69 Å². The predicted molar refractivity (Wildman–Crippen MR) is 81.0 cm³/mol. The Morgan fingerprint density at radius 2 is 2.10 bits per heavy atom. The molecule has 21 heavy (non-hydrogen) atoms. The molecule has 3 rings (SSSR count). The number of aliphatic hydroxyl groups is 1. The van der Waals surface area contributed by atoms with Gasteiger partial charge in [0.05, 0.1) is 32.1 Å². The molecule has 112 valence electrons. The molecule has 0 unspecified atom stereocenters. The highest BCUT2D eigenvalue weighted by molar-refractivity contribution is 5.50. The lowest BCUT2D eigenvalue weighted by Crippen LogP contribution is -2.07. The van der Waals surface area contributed by atoms with Gasteiger partial charge in [-0.2, -0.15) is 5.10 Å². The molecule has 2 heterocycles. The maximum Gasteiger partial charge on any atom is 0.0725 e. The van der Waals surface area contributed by atoms with Crippen molar-refractivity contribution < 1.29 is 9.84 Å². The molecule has 2 aromatic rings. The van der Waals surface area contributed by atoms with Crippen LogP contribution in [0.15, 0.2) is 18.2 Å². The van der Waals surface area contributed by atoms with Gasteiger partial charge in [0.15, 0.2) is 0 Å². The molecular formula is C16H21N3O2. The van der Waals surface area contributed by atoms with E-state index < -0.39 is 0 Å². The number of nitrogens with one attached hydrogen (secondary N) is 1. The SMILES string of the molecule is Cc1nn(CCO)c(C)c1CNc1ccc2c(c1)COC2. The molecule has 0 fully saturated rings. The van der Waals surface area contributed by atoms with Crippen molar-refractivity contribution in [3.05, 3.63) is 46.3 Å². The van der Waals surface area contributed by atoms with Gasteiger partial charge in [-0.05, 0) is 37.1 Å². The summed E-state index contributed by atoms with van der Waals surface area (Å²) in [5.74, 6) is 0. The van der Waals surface area contributed by atoms with Crippen molar-refractivity contribution in [1.29, 1.82) is 0 Å². The second kappa shape index (κ2) is 5.87. The number of benzene rings is 1. The molecule has 0 radical (unpaired) electrons. The lowest BCUT2D eigenvalue weighted by atomic mass is 10.1. The van der Waals surface area contributed by atoms with Crippen LogP contribution in [0.5, 0.6) is 0 Å². The lowest BCUT2D eigenvalue weighted by molar-refractivity contribution is 0.134. The Labute approximate surface area is 124 Å². The minimum absolute atomic E-state index is 0.111. The Kier molecular flexibility index (Phi) is 3.94. The molecule has 1 aromatic carbocycles. The fraction of sp³-hybridized carbons (Fsp3) is 0.438.